The average Bonchev–Trinajstić information content (AvgIpc) is 2.32. The van der Waals surface area contributed by atoms with Gasteiger partial charge in [0.2, 0.25) is 0 Å². The van der Waals surface area contributed by atoms with Crippen LogP contribution in [0.25, 0.3) is 0 Å². The van der Waals surface area contributed by atoms with Crippen molar-refractivity contribution in [2.45, 2.75) is 32.4 Å². The Morgan fingerprint density at radius 3 is 2.47 bits per heavy atom. The minimum absolute atomic E-state index is 0.0236. The van der Waals surface area contributed by atoms with Gasteiger partial charge >= 0.3 is 0 Å². The number of terminal acetylenes is 1. The molecule has 0 fully saturated rings. The summed E-state index contributed by atoms with van der Waals surface area (Å²) in [5.74, 6) is 2.68. The Hall–Kier alpha value is -0.390. The number of benzene rings is 1. The molecule has 0 aliphatic heterocycles. The highest BCUT2D eigenvalue weighted by atomic mass is 35.5. The van der Waals surface area contributed by atoms with E-state index in [0.29, 0.717) is 15.1 Å². The summed E-state index contributed by atoms with van der Waals surface area (Å²) >= 11 is 18.0. The Morgan fingerprint density at radius 1 is 1.29 bits per heavy atom. The predicted octanol–water partition coefficient (Wildman–Crippen LogP) is 4.71. The molecule has 0 radical (unpaired) electrons. The van der Waals surface area contributed by atoms with E-state index in [4.69, 9.17) is 41.2 Å². The fourth-order valence-corrected chi connectivity index (χ4v) is 2.26. The smallest absolute Gasteiger partial charge is 0.0781 e. The lowest BCUT2D eigenvalue weighted by Gasteiger charge is -2.20. The summed E-state index contributed by atoms with van der Waals surface area (Å²) in [5.41, 5.74) is 0.898. The van der Waals surface area contributed by atoms with Crippen molar-refractivity contribution in [3.8, 4) is 12.3 Å². The highest BCUT2D eigenvalue weighted by Gasteiger charge is 2.16. The normalized spacial score (nSPS) is 14.1. The van der Waals surface area contributed by atoms with Crippen LogP contribution < -0.4 is 5.32 Å². The summed E-state index contributed by atoms with van der Waals surface area (Å²) in [6, 6.07) is 3.64. The zero-order chi connectivity index (χ0) is 13.0. The highest BCUT2D eigenvalue weighted by Crippen LogP contribution is 2.35. The van der Waals surface area contributed by atoms with Crippen molar-refractivity contribution >= 4 is 34.8 Å². The van der Waals surface area contributed by atoms with Gasteiger partial charge in [-0.05, 0) is 25.0 Å². The molecule has 0 saturated heterocycles. The van der Waals surface area contributed by atoms with Crippen LogP contribution in [0.15, 0.2) is 12.1 Å². The summed E-state index contributed by atoms with van der Waals surface area (Å²) in [6.45, 7) is 4.02. The molecule has 2 atom stereocenters. The van der Waals surface area contributed by atoms with Crippen LogP contribution in [-0.4, -0.2) is 6.04 Å². The molecule has 1 rings (SSSR count). The van der Waals surface area contributed by atoms with E-state index in [-0.39, 0.29) is 12.1 Å². The minimum Gasteiger partial charge on any atom is -0.297 e. The van der Waals surface area contributed by atoms with Gasteiger partial charge in [0.05, 0.1) is 21.1 Å². The zero-order valence-corrected chi connectivity index (χ0v) is 12.0. The molecular weight excluding hydrogens is 277 g/mol. The molecule has 0 amide bonds. The first-order valence-electron chi connectivity index (χ1n) is 5.36. The lowest BCUT2D eigenvalue weighted by atomic mass is 10.1. The first-order chi connectivity index (χ1) is 8.01. The van der Waals surface area contributed by atoms with Crippen LogP contribution in [0.4, 0.5) is 0 Å². The molecule has 1 N–H and O–H groups in total. The van der Waals surface area contributed by atoms with Crippen molar-refractivity contribution in [1.82, 2.24) is 5.32 Å². The van der Waals surface area contributed by atoms with Gasteiger partial charge in [-0.25, -0.2) is 0 Å². The third kappa shape index (κ3) is 3.53. The molecule has 92 valence electrons. The monoisotopic (exact) mass is 289 g/mol. The molecule has 1 aromatic rings. The van der Waals surface area contributed by atoms with Crippen LogP contribution in [-0.2, 0) is 0 Å². The van der Waals surface area contributed by atoms with Crippen LogP contribution in [0.1, 0.15) is 31.9 Å². The SMILES string of the molecule is C#CC(CC)NC(C)c1ccc(Cl)c(Cl)c1Cl. The van der Waals surface area contributed by atoms with Crippen molar-refractivity contribution in [2.75, 3.05) is 0 Å². The van der Waals surface area contributed by atoms with E-state index in [1.165, 1.54) is 0 Å². The number of rotatable bonds is 4. The summed E-state index contributed by atoms with van der Waals surface area (Å²) in [4.78, 5) is 0. The number of nitrogens with one attached hydrogen (secondary N) is 1. The van der Waals surface area contributed by atoms with E-state index < -0.39 is 0 Å². The molecule has 1 nitrogen and oxygen atoms in total. The van der Waals surface area contributed by atoms with Crippen LogP contribution in [0, 0.1) is 12.3 Å². The fraction of sp³-hybridized carbons (Fsp3) is 0.385. The molecule has 0 saturated carbocycles. The summed E-state index contributed by atoms with van der Waals surface area (Å²) in [6.07, 6.45) is 6.27. The standard InChI is InChI=1S/C13H14Cl3N/c1-4-9(5-2)17-8(3)10-6-7-11(14)13(16)12(10)15/h1,6-9,17H,5H2,2-3H3. The molecule has 1 aromatic carbocycles. The summed E-state index contributed by atoms with van der Waals surface area (Å²) < 4.78 is 0. The Balaban J connectivity index is 2.94. The van der Waals surface area contributed by atoms with Gasteiger partial charge in [-0.1, -0.05) is 53.7 Å². The summed E-state index contributed by atoms with van der Waals surface area (Å²) in [5, 5.41) is 4.61. The molecule has 0 bridgehead atoms. The quantitative estimate of drug-likeness (QED) is 0.625. The van der Waals surface area contributed by atoms with Gasteiger partial charge in [-0.2, -0.15) is 0 Å². The molecule has 0 heterocycles. The molecule has 4 heteroatoms. The first kappa shape index (κ1) is 14.7. The van der Waals surface area contributed by atoms with Gasteiger partial charge < -0.3 is 0 Å². The molecule has 0 aliphatic rings. The van der Waals surface area contributed by atoms with E-state index in [2.05, 4.69) is 11.2 Å². The first-order valence-corrected chi connectivity index (χ1v) is 6.50. The molecular formula is C13H14Cl3N. The largest absolute Gasteiger partial charge is 0.297 e. The van der Waals surface area contributed by atoms with E-state index in [1.54, 1.807) is 6.07 Å². The van der Waals surface area contributed by atoms with Crippen molar-refractivity contribution in [1.29, 1.82) is 0 Å². The Bertz CT molecular complexity index is 437. The van der Waals surface area contributed by atoms with Crippen molar-refractivity contribution in [3.63, 3.8) is 0 Å². The van der Waals surface area contributed by atoms with Crippen molar-refractivity contribution in [2.24, 2.45) is 0 Å². The van der Waals surface area contributed by atoms with Gasteiger partial charge in [0, 0.05) is 6.04 Å². The number of halogens is 3. The Kier molecular flexibility index (Phi) is 5.62. The second-order valence-electron chi connectivity index (χ2n) is 3.78. The summed E-state index contributed by atoms with van der Waals surface area (Å²) in [7, 11) is 0. The predicted molar refractivity (Wildman–Crippen MR) is 75.9 cm³/mol. The van der Waals surface area contributed by atoms with E-state index in [1.807, 2.05) is 19.9 Å². The van der Waals surface area contributed by atoms with Gasteiger partial charge in [0.1, 0.15) is 0 Å². The fourth-order valence-electron chi connectivity index (χ4n) is 1.55. The topological polar surface area (TPSA) is 12.0 Å². The molecule has 0 spiro atoms. The van der Waals surface area contributed by atoms with Crippen LogP contribution in [0.5, 0.6) is 0 Å². The van der Waals surface area contributed by atoms with Crippen molar-refractivity contribution < 1.29 is 0 Å². The van der Waals surface area contributed by atoms with Crippen LogP contribution in [0.2, 0.25) is 15.1 Å². The van der Waals surface area contributed by atoms with Crippen LogP contribution >= 0.6 is 34.8 Å². The maximum absolute atomic E-state index is 6.16. The Morgan fingerprint density at radius 2 is 1.94 bits per heavy atom. The zero-order valence-electron chi connectivity index (χ0n) is 9.73. The van der Waals surface area contributed by atoms with Gasteiger partial charge in [-0.3, -0.25) is 5.32 Å². The second kappa shape index (κ2) is 6.52. The molecule has 0 aromatic heterocycles. The maximum Gasteiger partial charge on any atom is 0.0781 e. The third-order valence-corrected chi connectivity index (χ3v) is 3.90. The van der Waals surface area contributed by atoms with Gasteiger partial charge in [0.15, 0.2) is 0 Å². The third-order valence-electron chi connectivity index (χ3n) is 2.59. The minimum atomic E-state index is 0.0236. The Labute approximate surface area is 117 Å². The molecule has 17 heavy (non-hydrogen) atoms. The van der Waals surface area contributed by atoms with Crippen LogP contribution in [0.3, 0.4) is 0 Å². The number of hydrogen-bond acceptors (Lipinski definition) is 1. The lowest BCUT2D eigenvalue weighted by Crippen LogP contribution is -2.29. The maximum atomic E-state index is 6.16. The molecule has 2 unspecified atom stereocenters. The highest BCUT2D eigenvalue weighted by molar-refractivity contribution is 6.48. The number of hydrogen-bond donors (Lipinski definition) is 1. The molecule has 0 aliphatic carbocycles. The van der Waals surface area contributed by atoms with E-state index >= 15 is 0 Å². The van der Waals surface area contributed by atoms with E-state index in [0.717, 1.165) is 12.0 Å². The van der Waals surface area contributed by atoms with E-state index in [9.17, 15) is 0 Å². The van der Waals surface area contributed by atoms with Gasteiger partial charge in [0.25, 0.3) is 0 Å². The van der Waals surface area contributed by atoms with Gasteiger partial charge in [-0.15, -0.1) is 6.42 Å². The van der Waals surface area contributed by atoms with Crippen molar-refractivity contribution in [3.05, 3.63) is 32.8 Å². The lowest BCUT2D eigenvalue weighted by molar-refractivity contribution is 0.512. The second-order valence-corrected chi connectivity index (χ2v) is 4.94. The average molecular weight is 291 g/mol.